The molecule has 1 atom stereocenters. The van der Waals surface area contributed by atoms with Gasteiger partial charge in [-0.3, -0.25) is 9.89 Å². The highest BCUT2D eigenvalue weighted by Crippen LogP contribution is 2.24. The molecule has 3 rings (SSSR count). The fourth-order valence-electron chi connectivity index (χ4n) is 2.07. The minimum Gasteiger partial charge on any atom is -0.373 e. The summed E-state index contributed by atoms with van der Waals surface area (Å²) in [6.45, 7) is 0.368. The Morgan fingerprint density at radius 3 is 3.11 bits per heavy atom. The second-order valence-corrected chi connectivity index (χ2v) is 4.21. The van der Waals surface area contributed by atoms with E-state index in [0.29, 0.717) is 12.4 Å². The number of rotatable bonds is 3. The summed E-state index contributed by atoms with van der Waals surface area (Å²) in [5.41, 5.74) is 2.22. The van der Waals surface area contributed by atoms with Crippen molar-refractivity contribution in [3.63, 3.8) is 0 Å². The molecule has 6 nitrogen and oxygen atoms in total. The van der Waals surface area contributed by atoms with Gasteiger partial charge >= 0.3 is 0 Å². The van der Waals surface area contributed by atoms with Crippen molar-refractivity contribution >= 4 is 11.6 Å². The Morgan fingerprint density at radius 2 is 2.33 bits per heavy atom. The minimum absolute atomic E-state index is 0.0254. The number of nitrogens with one attached hydrogen (secondary N) is 3. The minimum atomic E-state index is -0.203. The van der Waals surface area contributed by atoms with E-state index >= 15 is 0 Å². The molecule has 0 spiro atoms. The Morgan fingerprint density at radius 1 is 1.44 bits per heavy atom. The number of hydrogen-bond donors (Lipinski definition) is 3. The van der Waals surface area contributed by atoms with Crippen LogP contribution in [0.15, 0.2) is 30.6 Å². The van der Waals surface area contributed by atoms with E-state index in [9.17, 15) is 4.79 Å². The summed E-state index contributed by atoms with van der Waals surface area (Å²) in [7, 11) is 0. The molecule has 0 aliphatic carbocycles. The molecule has 1 amide bonds. The molecule has 6 heteroatoms. The van der Waals surface area contributed by atoms with Gasteiger partial charge in [-0.2, -0.15) is 5.10 Å². The van der Waals surface area contributed by atoms with Gasteiger partial charge in [-0.05, 0) is 11.6 Å². The summed E-state index contributed by atoms with van der Waals surface area (Å²) >= 11 is 0. The maximum Gasteiger partial charge on any atom is 0.243 e. The maximum absolute atomic E-state index is 12.0. The van der Waals surface area contributed by atoms with Gasteiger partial charge in [0.05, 0.1) is 6.54 Å². The average Bonchev–Trinajstić information content (AvgIpc) is 3.04. The highest BCUT2D eigenvalue weighted by Gasteiger charge is 2.25. The molecule has 0 radical (unpaired) electrons. The number of anilines is 1. The van der Waals surface area contributed by atoms with Crippen molar-refractivity contribution in [3.8, 4) is 0 Å². The smallest absolute Gasteiger partial charge is 0.243 e. The molecule has 0 saturated carbocycles. The molecular formula is C12H13N5O. The lowest BCUT2D eigenvalue weighted by molar-refractivity contribution is -0.121. The number of benzene rings is 1. The van der Waals surface area contributed by atoms with Crippen LogP contribution in [0.3, 0.4) is 0 Å². The molecule has 3 N–H and O–H groups in total. The van der Waals surface area contributed by atoms with E-state index in [2.05, 4.69) is 25.8 Å². The van der Waals surface area contributed by atoms with E-state index in [-0.39, 0.29) is 11.9 Å². The van der Waals surface area contributed by atoms with Crippen LogP contribution in [0.2, 0.25) is 0 Å². The molecule has 0 fully saturated rings. The van der Waals surface area contributed by atoms with Gasteiger partial charge in [-0.25, -0.2) is 4.98 Å². The Kier molecular flexibility index (Phi) is 2.68. The maximum atomic E-state index is 12.0. The van der Waals surface area contributed by atoms with Crippen LogP contribution < -0.4 is 10.6 Å². The fraction of sp³-hybridized carbons (Fsp3) is 0.250. The number of carbonyl (C=O) groups is 1. The Labute approximate surface area is 104 Å². The van der Waals surface area contributed by atoms with Crippen molar-refractivity contribution in [2.24, 2.45) is 0 Å². The van der Waals surface area contributed by atoms with Crippen molar-refractivity contribution in [2.75, 3.05) is 5.32 Å². The van der Waals surface area contributed by atoms with Gasteiger partial charge in [-0.15, -0.1) is 0 Å². The Hall–Kier alpha value is -2.37. The largest absolute Gasteiger partial charge is 0.373 e. The summed E-state index contributed by atoms with van der Waals surface area (Å²) in [5, 5.41) is 12.5. The molecule has 1 aliphatic heterocycles. The Balaban J connectivity index is 1.59. The lowest BCUT2D eigenvalue weighted by atomic mass is 10.1. The van der Waals surface area contributed by atoms with E-state index in [4.69, 9.17) is 0 Å². The van der Waals surface area contributed by atoms with Gasteiger partial charge in [0.2, 0.25) is 5.91 Å². The van der Waals surface area contributed by atoms with Crippen LogP contribution in [0.1, 0.15) is 11.4 Å². The van der Waals surface area contributed by atoms with Crippen LogP contribution in [-0.2, 0) is 17.8 Å². The van der Waals surface area contributed by atoms with Gasteiger partial charge in [0, 0.05) is 12.1 Å². The second kappa shape index (κ2) is 4.48. The van der Waals surface area contributed by atoms with Gasteiger partial charge in [0.15, 0.2) is 0 Å². The molecule has 2 heterocycles. The van der Waals surface area contributed by atoms with E-state index in [1.54, 1.807) is 0 Å². The molecule has 2 aromatic rings. The van der Waals surface area contributed by atoms with Crippen LogP contribution in [0.5, 0.6) is 0 Å². The number of amides is 1. The Bertz CT molecular complexity index is 526. The topological polar surface area (TPSA) is 82.7 Å². The van der Waals surface area contributed by atoms with E-state index in [1.165, 1.54) is 11.9 Å². The zero-order valence-corrected chi connectivity index (χ0v) is 9.68. The molecule has 1 unspecified atom stereocenters. The van der Waals surface area contributed by atoms with Crippen LogP contribution in [-0.4, -0.2) is 27.1 Å². The molecule has 0 saturated heterocycles. The third kappa shape index (κ3) is 2.04. The lowest BCUT2D eigenvalue weighted by Crippen LogP contribution is -2.38. The quantitative estimate of drug-likeness (QED) is 0.731. The van der Waals surface area contributed by atoms with E-state index < -0.39 is 0 Å². The number of aromatic amines is 1. The van der Waals surface area contributed by atoms with E-state index in [0.717, 1.165) is 12.1 Å². The van der Waals surface area contributed by atoms with Crippen molar-refractivity contribution in [3.05, 3.63) is 42.0 Å². The van der Waals surface area contributed by atoms with Crippen molar-refractivity contribution < 1.29 is 4.79 Å². The van der Waals surface area contributed by atoms with Crippen LogP contribution in [0.4, 0.5) is 5.69 Å². The molecule has 92 valence electrons. The zero-order valence-electron chi connectivity index (χ0n) is 9.68. The van der Waals surface area contributed by atoms with Crippen LogP contribution >= 0.6 is 0 Å². The molecule has 1 aromatic carbocycles. The lowest BCUT2D eigenvalue weighted by Gasteiger charge is -2.10. The monoisotopic (exact) mass is 243 g/mol. The first-order valence-electron chi connectivity index (χ1n) is 5.79. The first-order chi connectivity index (χ1) is 8.83. The number of aromatic nitrogens is 3. The molecular weight excluding hydrogens is 230 g/mol. The molecule has 0 bridgehead atoms. The van der Waals surface area contributed by atoms with Gasteiger partial charge in [0.25, 0.3) is 0 Å². The van der Waals surface area contributed by atoms with E-state index in [1.807, 2.05) is 24.3 Å². The molecule has 1 aromatic heterocycles. The first kappa shape index (κ1) is 10.8. The highest BCUT2D eigenvalue weighted by atomic mass is 16.2. The van der Waals surface area contributed by atoms with Gasteiger partial charge in [0.1, 0.15) is 18.2 Å². The number of carbonyl (C=O) groups excluding carboxylic acids is 1. The van der Waals surface area contributed by atoms with Crippen LogP contribution in [0.25, 0.3) is 0 Å². The van der Waals surface area contributed by atoms with Gasteiger partial charge < -0.3 is 10.6 Å². The van der Waals surface area contributed by atoms with Gasteiger partial charge in [-0.1, -0.05) is 18.2 Å². The van der Waals surface area contributed by atoms with Crippen LogP contribution in [0, 0.1) is 0 Å². The first-order valence-corrected chi connectivity index (χ1v) is 5.79. The van der Waals surface area contributed by atoms with Crippen molar-refractivity contribution in [1.29, 1.82) is 0 Å². The second-order valence-electron chi connectivity index (χ2n) is 4.21. The summed E-state index contributed by atoms with van der Waals surface area (Å²) in [4.78, 5) is 15.9. The summed E-state index contributed by atoms with van der Waals surface area (Å²) in [5.74, 6) is 0.626. The zero-order chi connectivity index (χ0) is 12.4. The number of H-pyrrole nitrogens is 1. The van der Waals surface area contributed by atoms with Crippen molar-refractivity contribution in [1.82, 2.24) is 20.5 Å². The molecule has 1 aliphatic rings. The average molecular weight is 243 g/mol. The number of hydrogen-bond acceptors (Lipinski definition) is 4. The normalized spacial score (nSPS) is 17.0. The SMILES string of the molecule is O=C(NCc1ncn[nH]1)C1Cc2ccccc2N1. The highest BCUT2D eigenvalue weighted by molar-refractivity contribution is 5.87. The summed E-state index contributed by atoms with van der Waals surface area (Å²) in [6, 6.07) is 7.76. The number of nitrogens with zero attached hydrogens (tertiary/aromatic N) is 2. The third-order valence-electron chi connectivity index (χ3n) is 2.98. The summed E-state index contributed by atoms with van der Waals surface area (Å²) in [6.07, 6.45) is 2.14. The fourth-order valence-corrected chi connectivity index (χ4v) is 2.07. The predicted molar refractivity (Wildman–Crippen MR) is 65.8 cm³/mol. The third-order valence-corrected chi connectivity index (χ3v) is 2.98. The summed E-state index contributed by atoms with van der Waals surface area (Å²) < 4.78 is 0. The van der Waals surface area contributed by atoms with Crippen molar-refractivity contribution in [2.45, 2.75) is 19.0 Å². The predicted octanol–water partition coefficient (Wildman–Crippen LogP) is 0.458. The molecule has 18 heavy (non-hydrogen) atoms. The standard InChI is InChI=1S/C12H13N5O/c18-12(13-6-11-14-7-15-17-11)10-5-8-3-1-2-4-9(8)16-10/h1-4,7,10,16H,5-6H2,(H,13,18)(H,14,15,17). The number of fused-ring (bicyclic) bond motifs is 1. The number of para-hydroxylation sites is 1.